The van der Waals surface area contributed by atoms with Gasteiger partial charge >= 0.3 is 6.03 Å². The van der Waals surface area contributed by atoms with Gasteiger partial charge in [0.25, 0.3) is 0 Å². The van der Waals surface area contributed by atoms with Crippen molar-refractivity contribution in [2.45, 2.75) is 76.4 Å². The second-order valence-corrected chi connectivity index (χ2v) is 12.9. The van der Waals surface area contributed by atoms with Crippen LogP contribution in [0.25, 0.3) is 0 Å². The summed E-state index contributed by atoms with van der Waals surface area (Å²) < 4.78 is 5.44. The van der Waals surface area contributed by atoms with E-state index < -0.39 is 5.92 Å². The first-order chi connectivity index (χ1) is 21.5. The Hall–Kier alpha value is -3.59. The monoisotopic (exact) mass is 601 g/mol. The summed E-state index contributed by atoms with van der Waals surface area (Å²) in [6, 6.07) is 16.3. The highest BCUT2D eigenvalue weighted by Gasteiger charge is 2.36. The maximum absolute atomic E-state index is 14.0. The maximum Gasteiger partial charge on any atom is 0.322 e. The molecule has 4 aliphatic heterocycles. The number of carbonyl (C=O) groups excluding carboxylic acids is 3. The third-order valence-corrected chi connectivity index (χ3v) is 10.2. The van der Waals surface area contributed by atoms with Crippen LogP contribution in [0, 0.1) is 5.92 Å². The zero-order valence-electron chi connectivity index (χ0n) is 26.1. The number of piperidine rings is 3. The Morgan fingerprint density at radius 2 is 1.57 bits per heavy atom. The molecule has 4 aliphatic rings. The van der Waals surface area contributed by atoms with Crippen molar-refractivity contribution in [3.8, 4) is 5.75 Å². The zero-order valence-corrected chi connectivity index (χ0v) is 26.1. The molecule has 236 valence electrons. The van der Waals surface area contributed by atoms with E-state index in [0.29, 0.717) is 32.1 Å². The molecule has 4 amide bonds. The van der Waals surface area contributed by atoms with Crippen LogP contribution in [0.1, 0.15) is 62.5 Å². The number of anilines is 1. The lowest BCUT2D eigenvalue weighted by Crippen LogP contribution is -2.52. The highest BCUT2D eigenvalue weighted by molar-refractivity contribution is 5.92. The van der Waals surface area contributed by atoms with Crippen molar-refractivity contribution in [2.24, 2.45) is 5.92 Å². The average Bonchev–Trinajstić information content (AvgIpc) is 3.08. The van der Waals surface area contributed by atoms with Crippen molar-refractivity contribution in [1.82, 2.24) is 19.6 Å². The minimum absolute atomic E-state index is 0.0290. The van der Waals surface area contributed by atoms with Gasteiger partial charge in [-0.2, -0.15) is 0 Å². The number of hydrogen-bond donors (Lipinski definition) is 1. The molecular weight excluding hydrogens is 554 g/mol. The summed E-state index contributed by atoms with van der Waals surface area (Å²) in [6.07, 6.45) is 8.08. The fourth-order valence-electron chi connectivity index (χ4n) is 7.61. The topological polar surface area (TPSA) is 85.4 Å². The largest absolute Gasteiger partial charge is 0.497 e. The van der Waals surface area contributed by atoms with Crippen LogP contribution in [-0.4, -0.2) is 95.9 Å². The van der Waals surface area contributed by atoms with Gasteiger partial charge in [0, 0.05) is 56.9 Å². The van der Waals surface area contributed by atoms with Crippen LogP contribution < -0.4 is 10.1 Å². The highest BCUT2D eigenvalue weighted by Crippen LogP contribution is 2.29. The number of carbonyl (C=O) groups is 3. The van der Waals surface area contributed by atoms with Crippen LogP contribution in [-0.2, 0) is 22.6 Å². The van der Waals surface area contributed by atoms with E-state index in [1.165, 1.54) is 32.4 Å². The molecule has 4 heterocycles. The first-order valence-corrected chi connectivity index (χ1v) is 16.6. The van der Waals surface area contributed by atoms with E-state index in [1.807, 2.05) is 57.2 Å². The van der Waals surface area contributed by atoms with Crippen LogP contribution in [0.2, 0.25) is 0 Å². The minimum atomic E-state index is -0.414. The van der Waals surface area contributed by atoms with Crippen LogP contribution in [0.15, 0.2) is 48.5 Å². The van der Waals surface area contributed by atoms with E-state index in [0.717, 1.165) is 61.3 Å². The molecular formula is C35H47N5O4. The summed E-state index contributed by atoms with van der Waals surface area (Å²) >= 11 is 0. The normalized spacial score (nSPS) is 21.0. The maximum atomic E-state index is 14.0. The average molecular weight is 602 g/mol. The van der Waals surface area contributed by atoms with E-state index in [-0.39, 0.29) is 30.3 Å². The third-order valence-electron chi connectivity index (χ3n) is 10.2. The molecule has 44 heavy (non-hydrogen) atoms. The lowest BCUT2D eigenvalue weighted by molar-refractivity contribution is -0.143. The number of para-hydroxylation sites is 1. The van der Waals surface area contributed by atoms with Gasteiger partial charge in [-0.15, -0.1) is 0 Å². The van der Waals surface area contributed by atoms with Gasteiger partial charge in [0.05, 0.1) is 13.0 Å². The molecule has 3 fully saturated rings. The quantitative estimate of drug-likeness (QED) is 0.472. The van der Waals surface area contributed by atoms with Crippen LogP contribution >= 0.6 is 0 Å². The smallest absolute Gasteiger partial charge is 0.322 e. The number of nitrogens with zero attached hydrogens (tertiary/aromatic N) is 4. The first-order valence-electron chi connectivity index (χ1n) is 16.6. The Morgan fingerprint density at radius 1 is 0.864 bits per heavy atom. The molecule has 1 N–H and O–H groups in total. The van der Waals surface area contributed by atoms with Crippen LogP contribution in [0.3, 0.4) is 0 Å². The van der Waals surface area contributed by atoms with E-state index >= 15 is 0 Å². The van der Waals surface area contributed by atoms with E-state index in [2.05, 4.69) is 16.3 Å². The summed E-state index contributed by atoms with van der Waals surface area (Å²) in [5.41, 5.74) is 3.00. The standard InChI is InChI=1S/C35H47N5O4/c1-44-31-10-7-8-26(23-31)22-28(34(42)39-20-12-29(13-21-39)37-16-5-2-6-17-37)24-33(41)38-18-14-30(15-19-38)40-25-27-9-3-4-11-32(27)36-35(40)43/h3-4,7-11,23,28-30H,2,5-6,12-22,24-25H2,1H3,(H,36,43)/t28-/m1/s1. The summed E-state index contributed by atoms with van der Waals surface area (Å²) in [5, 5.41) is 3.02. The molecule has 0 spiro atoms. The number of fused-ring (bicyclic) bond motifs is 1. The van der Waals surface area contributed by atoms with Crippen molar-refractivity contribution in [3.05, 3.63) is 59.7 Å². The second kappa shape index (κ2) is 14.0. The molecule has 1 atom stereocenters. The van der Waals surface area contributed by atoms with Gasteiger partial charge in [-0.25, -0.2) is 4.79 Å². The number of rotatable bonds is 8. The van der Waals surface area contributed by atoms with E-state index in [1.54, 1.807) is 7.11 Å². The Labute approximate surface area is 261 Å². The molecule has 0 saturated carbocycles. The first kappa shape index (κ1) is 30.4. The number of urea groups is 1. The van der Waals surface area contributed by atoms with Crippen molar-refractivity contribution in [3.63, 3.8) is 0 Å². The number of likely N-dealkylation sites (tertiary alicyclic amines) is 3. The fraction of sp³-hybridized carbons (Fsp3) is 0.571. The number of methoxy groups -OCH3 is 1. The molecule has 0 bridgehead atoms. The van der Waals surface area contributed by atoms with Crippen molar-refractivity contribution in [2.75, 3.05) is 51.7 Å². The number of nitrogens with one attached hydrogen (secondary N) is 1. The molecule has 2 aromatic rings. The summed E-state index contributed by atoms with van der Waals surface area (Å²) in [6.45, 7) is 5.65. The lowest BCUT2D eigenvalue weighted by atomic mass is 9.91. The predicted molar refractivity (Wildman–Crippen MR) is 170 cm³/mol. The van der Waals surface area contributed by atoms with Gasteiger partial charge in [-0.1, -0.05) is 36.8 Å². The van der Waals surface area contributed by atoms with Gasteiger partial charge in [0.15, 0.2) is 0 Å². The molecule has 0 radical (unpaired) electrons. The molecule has 2 aromatic carbocycles. The minimum Gasteiger partial charge on any atom is -0.497 e. The van der Waals surface area contributed by atoms with Crippen molar-refractivity contribution < 1.29 is 19.1 Å². The number of ether oxygens (including phenoxy) is 1. The highest BCUT2D eigenvalue weighted by atomic mass is 16.5. The molecule has 3 saturated heterocycles. The van der Waals surface area contributed by atoms with Gasteiger partial charge in [-0.3, -0.25) is 9.59 Å². The fourth-order valence-corrected chi connectivity index (χ4v) is 7.61. The SMILES string of the molecule is COc1cccc(C[C@H](CC(=O)N2CCC(N3Cc4ccccc4NC3=O)CC2)C(=O)N2CCC(N3CCCCC3)CC2)c1. The molecule has 0 aromatic heterocycles. The van der Waals surface area contributed by atoms with Crippen molar-refractivity contribution in [1.29, 1.82) is 0 Å². The van der Waals surface area contributed by atoms with Gasteiger partial charge in [0.2, 0.25) is 11.8 Å². The predicted octanol–water partition coefficient (Wildman–Crippen LogP) is 4.76. The summed E-state index contributed by atoms with van der Waals surface area (Å²) in [4.78, 5) is 49.0. The molecule has 9 heteroatoms. The molecule has 0 aliphatic carbocycles. The Kier molecular flexibility index (Phi) is 9.69. The van der Waals surface area contributed by atoms with Crippen molar-refractivity contribution >= 4 is 23.5 Å². The third kappa shape index (κ3) is 7.04. The summed E-state index contributed by atoms with van der Waals surface area (Å²) in [5.74, 6) is 0.468. The second-order valence-electron chi connectivity index (χ2n) is 12.9. The number of amides is 4. The van der Waals surface area contributed by atoms with Crippen LogP contribution in [0.5, 0.6) is 5.75 Å². The number of benzene rings is 2. The van der Waals surface area contributed by atoms with E-state index in [9.17, 15) is 14.4 Å². The van der Waals surface area contributed by atoms with Crippen LogP contribution in [0.4, 0.5) is 10.5 Å². The van der Waals surface area contributed by atoms with Gasteiger partial charge < -0.3 is 29.7 Å². The molecule has 0 unspecified atom stereocenters. The summed E-state index contributed by atoms with van der Waals surface area (Å²) in [7, 11) is 1.65. The Bertz CT molecular complexity index is 1310. The Morgan fingerprint density at radius 3 is 2.32 bits per heavy atom. The number of hydrogen-bond acceptors (Lipinski definition) is 5. The Balaban J connectivity index is 1.08. The lowest BCUT2D eigenvalue weighted by Gasteiger charge is -2.41. The van der Waals surface area contributed by atoms with E-state index in [4.69, 9.17) is 4.74 Å². The van der Waals surface area contributed by atoms with Gasteiger partial charge in [0.1, 0.15) is 5.75 Å². The zero-order chi connectivity index (χ0) is 30.5. The molecule has 6 rings (SSSR count). The molecule has 9 nitrogen and oxygen atoms in total. The van der Waals surface area contributed by atoms with Gasteiger partial charge in [-0.05, 0) is 87.4 Å².